The Bertz CT molecular complexity index is 2420. The third-order valence-corrected chi connectivity index (χ3v) is 9.94. The highest BCUT2D eigenvalue weighted by atomic mass is 16.7. The molecule has 0 aliphatic carbocycles. The van der Waals surface area contributed by atoms with Crippen molar-refractivity contribution in [1.29, 1.82) is 0 Å². The fourth-order valence-electron chi connectivity index (χ4n) is 6.34. The van der Waals surface area contributed by atoms with Crippen LogP contribution in [-0.4, -0.2) is 33.3 Å². The molecule has 7 heteroatoms. The molecule has 1 aliphatic heterocycles. The van der Waals surface area contributed by atoms with E-state index in [2.05, 4.69) is 99.3 Å². The Labute approximate surface area is 298 Å². The predicted molar refractivity (Wildman–Crippen MR) is 206 cm³/mol. The normalized spacial score (nSPS) is 14.8. The molecule has 1 saturated heterocycles. The Balaban J connectivity index is 1.25. The van der Waals surface area contributed by atoms with E-state index >= 15 is 0 Å². The van der Waals surface area contributed by atoms with Gasteiger partial charge in [0.25, 0.3) is 0 Å². The second-order valence-corrected chi connectivity index (χ2v) is 13.9. The monoisotopic (exact) mass is 662 g/mol. The predicted octanol–water partition coefficient (Wildman–Crippen LogP) is 10.2. The molecule has 1 fully saturated rings. The van der Waals surface area contributed by atoms with Gasteiger partial charge in [-0.1, -0.05) is 121 Å². The van der Waals surface area contributed by atoms with Crippen LogP contribution >= 0.6 is 0 Å². The number of rotatable bonds is 6. The average Bonchev–Trinajstić information content (AvgIpc) is 3.40. The Kier molecular flexibility index (Phi) is 8.07. The number of fused-ring (bicyclic) bond motifs is 1. The molecule has 0 unspecified atom stereocenters. The first-order valence-electron chi connectivity index (χ1n) is 17.1. The molecule has 51 heavy (non-hydrogen) atoms. The molecule has 1 aromatic heterocycles. The summed E-state index contributed by atoms with van der Waals surface area (Å²) in [6.07, 6.45) is 0. The second-order valence-electron chi connectivity index (χ2n) is 13.9. The average molecular weight is 663 g/mol. The smallest absolute Gasteiger partial charge is 0.399 e. The lowest BCUT2D eigenvalue weighted by atomic mass is 9.77. The Hall–Kier alpha value is -5.94. The van der Waals surface area contributed by atoms with Gasteiger partial charge in [0.2, 0.25) is 0 Å². The fraction of sp³-hybridized carbons (Fsp3) is 0.136. The van der Waals surface area contributed by atoms with Crippen molar-refractivity contribution in [3.8, 4) is 56.4 Å². The summed E-state index contributed by atoms with van der Waals surface area (Å²) in [5.41, 5.74) is 7.46. The molecule has 6 nitrogen and oxygen atoms in total. The van der Waals surface area contributed by atoms with Gasteiger partial charge < -0.3 is 9.31 Å². The molecule has 0 radical (unpaired) electrons. The van der Waals surface area contributed by atoms with Crippen molar-refractivity contribution in [3.63, 3.8) is 0 Å². The summed E-state index contributed by atoms with van der Waals surface area (Å²) in [7, 11) is -0.553. The van der Waals surface area contributed by atoms with Gasteiger partial charge in [0.05, 0.1) is 17.8 Å². The van der Waals surface area contributed by atoms with Crippen LogP contribution < -0.4 is 5.46 Å². The summed E-state index contributed by atoms with van der Waals surface area (Å²) in [5, 5.41) is 2.18. The molecule has 0 amide bonds. The second kappa shape index (κ2) is 12.7. The van der Waals surface area contributed by atoms with Gasteiger partial charge >= 0.3 is 7.12 Å². The molecule has 0 spiro atoms. The molecule has 6 aromatic carbocycles. The zero-order valence-corrected chi connectivity index (χ0v) is 29.0. The maximum Gasteiger partial charge on any atom is 0.494 e. The Morgan fingerprint density at radius 1 is 0.471 bits per heavy atom. The summed E-state index contributed by atoms with van der Waals surface area (Å²) >= 11 is 0. The molecule has 2 heterocycles. The van der Waals surface area contributed by atoms with Gasteiger partial charge in [-0.2, -0.15) is 0 Å². The van der Waals surface area contributed by atoms with Crippen molar-refractivity contribution in [1.82, 2.24) is 15.0 Å². The zero-order valence-electron chi connectivity index (χ0n) is 29.0. The number of nitrogens with zero attached hydrogens (tertiary/aromatic N) is 4. The first-order valence-corrected chi connectivity index (χ1v) is 17.1. The summed E-state index contributed by atoms with van der Waals surface area (Å²) in [4.78, 5) is 18.7. The van der Waals surface area contributed by atoms with Gasteiger partial charge in [-0.15, -0.1) is 0 Å². The minimum atomic E-state index is -0.553. The number of hydrogen-bond acceptors (Lipinski definition) is 5. The summed E-state index contributed by atoms with van der Waals surface area (Å²) in [6.45, 7) is 15.5. The molecule has 0 saturated carbocycles. The molecule has 7 aromatic rings. The van der Waals surface area contributed by atoms with Crippen LogP contribution in [0.15, 0.2) is 140 Å². The van der Waals surface area contributed by atoms with Gasteiger partial charge in [-0.3, -0.25) is 0 Å². The largest absolute Gasteiger partial charge is 0.494 e. The minimum absolute atomic E-state index is 0.485. The van der Waals surface area contributed by atoms with Gasteiger partial charge in [-0.05, 0) is 84.4 Å². The van der Waals surface area contributed by atoms with Crippen LogP contribution in [0.3, 0.4) is 0 Å². The Morgan fingerprint density at radius 3 is 1.55 bits per heavy atom. The lowest BCUT2D eigenvalue weighted by Crippen LogP contribution is -2.41. The SMILES string of the molecule is [C-]#[N+]c1ccc(-c2ccc3cc(-c4nc(-c5ccccc5)nc(-c5cc(B6OC(C)(C)C(C)(C)O6)cc(-c6ccccc6)c5)n4)ccc3c2)cc1. The van der Waals surface area contributed by atoms with Crippen molar-refractivity contribution >= 4 is 29.0 Å². The van der Waals surface area contributed by atoms with Crippen LogP contribution in [0.5, 0.6) is 0 Å². The van der Waals surface area contributed by atoms with E-state index in [0.29, 0.717) is 23.2 Å². The molecule has 8 rings (SSSR count). The topological polar surface area (TPSA) is 61.5 Å². The van der Waals surface area contributed by atoms with E-state index in [4.69, 9.17) is 30.8 Å². The van der Waals surface area contributed by atoms with Crippen molar-refractivity contribution in [2.24, 2.45) is 0 Å². The zero-order chi connectivity index (χ0) is 35.2. The molecular formula is C44H35BN4O2. The third-order valence-electron chi connectivity index (χ3n) is 9.94. The quantitative estimate of drug-likeness (QED) is 0.131. The fourth-order valence-corrected chi connectivity index (χ4v) is 6.34. The van der Waals surface area contributed by atoms with E-state index < -0.39 is 18.3 Å². The molecule has 0 atom stereocenters. The minimum Gasteiger partial charge on any atom is -0.399 e. The van der Waals surface area contributed by atoms with E-state index in [1.807, 2.05) is 72.8 Å². The summed E-state index contributed by atoms with van der Waals surface area (Å²) < 4.78 is 13.0. The highest BCUT2D eigenvalue weighted by Gasteiger charge is 2.51. The van der Waals surface area contributed by atoms with E-state index in [9.17, 15) is 0 Å². The Morgan fingerprint density at radius 2 is 0.941 bits per heavy atom. The highest BCUT2D eigenvalue weighted by molar-refractivity contribution is 6.62. The third kappa shape index (κ3) is 6.32. The van der Waals surface area contributed by atoms with E-state index in [0.717, 1.165) is 55.2 Å². The van der Waals surface area contributed by atoms with E-state index in [-0.39, 0.29) is 0 Å². The van der Waals surface area contributed by atoms with Crippen LogP contribution in [-0.2, 0) is 9.31 Å². The lowest BCUT2D eigenvalue weighted by Gasteiger charge is -2.32. The molecule has 246 valence electrons. The van der Waals surface area contributed by atoms with Crippen molar-refractivity contribution < 1.29 is 9.31 Å². The first kappa shape index (κ1) is 32.3. The molecular weight excluding hydrogens is 627 g/mol. The van der Waals surface area contributed by atoms with E-state index in [1.54, 1.807) is 0 Å². The van der Waals surface area contributed by atoms with Crippen LogP contribution in [0.4, 0.5) is 5.69 Å². The maximum atomic E-state index is 7.26. The van der Waals surface area contributed by atoms with Crippen LogP contribution in [0.1, 0.15) is 27.7 Å². The lowest BCUT2D eigenvalue weighted by molar-refractivity contribution is 0.00578. The summed E-state index contributed by atoms with van der Waals surface area (Å²) in [5.74, 6) is 1.74. The summed E-state index contributed by atoms with van der Waals surface area (Å²) in [6, 6.07) is 47.1. The first-order chi connectivity index (χ1) is 24.7. The number of aromatic nitrogens is 3. The van der Waals surface area contributed by atoms with Gasteiger partial charge in [0, 0.05) is 16.7 Å². The van der Waals surface area contributed by atoms with Gasteiger partial charge in [0.15, 0.2) is 23.2 Å². The highest BCUT2D eigenvalue weighted by Crippen LogP contribution is 2.38. The number of hydrogen-bond donors (Lipinski definition) is 0. The number of benzene rings is 6. The van der Waals surface area contributed by atoms with Crippen molar-refractivity contribution in [2.45, 2.75) is 38.9 Å². The van der Waals surface area contributed by atoms with Crippen LogP contribution in [0.25, 0.3) is 72.0 Å². The standard InChI is InChI=1S/C44H35BN4O2/c1-43(2)44(3,4)51-45(50-43)38-27-36(29-12-8-6-9-13-29)26-37(28-38)42-48-40(31-14-10-7-11-15-31)47-41(49-42)35-19-18-33-24-32(16-17-34(33)25-35)30-20-22-39(46-5)23-21-30/h6-28H,1-4H3. The van der Waals surface area contributed by atoms with Crippen molar-refractivity contribution in [3.05, 3.63) is 151 Å². The molecule has 0 bridgehead atoms. The molecule has 0 N–H and O–H groups in total. The van der Waals surface area contributed by atoms with E-state index in [1.165, 1.54) is 0 Å². The van der Waals surface area contributed by atoms with Crippen molar-refractivity contribution in [2.75, 3.05) is 0 Å². The maximum absolute atomic E-state index is 7.26. The van der Waals surface area contributed by atoms with Crippen LogP contribution in [0, 0.1) is 6.57 Å². The van der Waals surface area contributed by atoms with Gasteiger partial charge in [0.1, 0.15) is 0 Å². The molecule has 1 aliphatic rings. The van der Waals surface area contributed by atoms with Crippen LogP contribution in [0.2, 0.25) is 0 Å². The van der Waals surface area contributed by atoms with Gasteiger partial charge in [-0.25, -0.2) is 19.8 Å².